The van der Waals surface area contributed by atoms with Crippen molar-refractivity contribution in [3.05, 3.63) is 54.1 Å². The molecule has 0 aromatic heterocycles. The Kier molecular flexibility index (Phi) is 10.2. The second-order valence-electron chi connectivity index (χ2n) is 6.33. The number of aliphatic carboxylic acids is 1. The van der Waals surface area contributed by atoms with Crippen LogP contribution in [0.25, 0.3) is 0 Å². The van der Waals surface area contributed by atoms with Crippen molar-refractivity contribution < 1.29 is 51.6 Å². The Hall–Kier alpha value is -3.51. The van der Waals surface area contributed by atoms with Crippen molar-refractivity contribution in [2.45, 2.75) is 13.0 Å². The number of amides is 1. The van der Waals surface area contributed by atoms with Gasteiger partial charge < -0.3 is 28.8 Å². The van der Waals surface area contributed by atoms with E-state index in [9.17, 15) is 22.8 Å². The highest BCUT2D eigenvalue weighted by Gasteiger charge is 2.31. The highest BCUT2D eigenvalue weighted by molar-refractivity contribution is 5.85. The number of nitrogens with one attached hydrogen (secondary N) is 1. The normalized spacial score (nSPS) is 11.0. The zero-order chi connectivity index (χ0) is 24.1. The van der Waals surface area contributed by atoms with Gasteiger partial charge in [0.25, 0.3) is 0 Å². The number of benzene rings is 2. The van der Waals surface area contributed by atoms with Crippen molar-refractivity contribution in [1.82, 2.24) is 0 Å². The van der Waals surface area contributed by atoms with Crippen molar-refractivity contribution >= 4 is 17.7 Å². The number of anilines is 1. The van der Waals surface area contributed by atoms with Gasteiger partial charge in [0, 0.05) is 18.2 Å². The van der Waals surface area contributed by atoms with Crippen LogP contribution >= 0.6 is 0 Å². The van der Waals surface area contributed by atoms with Crippen LogP contribution in [0.4, 0.5) is 23.7 Å². The number of carbonyl (C=O) groups is 2. The summed E-state index contributed by atoms with van der Waals surface area (Å²) in [5.74, 6) is -1.71. The van der Waals surface area contributed by atoms with Crippen LogP contribution < -0.4 is 14.8 Å². The van der Waals surface area contributed by atoms with E-state index in [2.05, 4.69) is 10.1 Å². The predicted molar refractivity (Wildman–Crippen MR) is 108 cm³/mol. The van der Waals surface area contributed by atoms with E-state index in [4.69, 9.17) is 24.1 Å². The molecule has 2 N–H and O–H groups in total. The molecule has 2 aromatic rings. The van der Waals surface area contributed by atoms with Crippen molar-refractivity contribution in [2.24, 2.45) is 0 Å². The van der Waals surface area contributed by atoms with Crippen LogP contribution in [0.5, 0.6) is 11.5 Å². The van der Waals surface area contributed by atoms with E-state index in [1.54, 1.807) is 30.3 Å². The molecule has 0 atom stereocenters. The van der Waals surface area contributed by atoms with Gasteiger partial charge >= 0.3 is 18.4 Å². The second-order valence-corrected chi connectivity index (χ2v) is 6.33. The first kappa shape index (κ1) is 25.7. The maximum atomic E-state index is 12.6. The number of carbonyl (C=O) groups excluding carboxylic acids is 1. The highest BCUT2D eigenvalue weighted by Crippen LogP contribution is 2.30. The summed E-state index contributed by atoms with van der Waals surface area (Å²) in [6.07, 6.45) is -5.82. The monoisotopic (exact) mass is 473 g/mol. The average Bonchev–Trinajstić information content (AvgIpc) is 2.73. The summed E-state index contributed by atoms with van der Waals surface area (Å²) in [6.45, 7) is -0.291. The Bertz CT molecular complexity index is 893. The molecule has 0 saturated heterocycles. The molecule has 2 rings (SSSR count). The minimum atomic E-state index is -4.94. The Morgan fingerprint density at radius 1 is 0.909 bits per heavy atom. The van der Waals surface area contributed by atoms with Gasteiger partial charge in [-0.25, -0.2) is 9.59 Å². The first-order valence-corrected chi connectivity index (χ1v) is 9.60. The lowest BCUT2D eigenvalue weighted by molar-refractivity contribution is -0.274. The van der Waals surface area contributed by atoms with E-state index >= 15 is 0 Å². The van der Waals surface area contributed by atoms with E-state index in [1.165, 1.54) is 6.07 Å². The third kappa shape index (κ3) is 11.6. The largest absolute Gasteiger partial charge is 0.573 e. The number of carboxylic acid groups (broad SMARTS) is 1. The van der Waals surface area contributed by atoms with Crippen LogP contribution in [0, 0.1) is 0 Å². The predicted octanol–water partition coefficient (Wildman–Crippen LogP) is 3.83. The van der Waals surface area contributed by atoms with E-state index < -0.39 is 30.8 Å². The number of ether oxygens (including phenoxy) is 5. The maximum absolute atomic E-state index is 12.6. The lowest BCUT2D eigenvalue weighted by Crippen LogP contribution is -2.18. The molecule has 12 heteroatoms. The summed E-state index contributed by atoms with van der Waals surface area (Å²) in [5, 5.41) is 10.8. The van der Waals surface area contributed by atoms with Crippen molar-refractivity contribution in [3.8, 4) is 11.5 Å². The van der Waals surface area contributed by atoms with Crippen LogP contribution in [0.3, 0.4) is 0 Å². The molecule has 0 bridgehead atoms. The molecule has 0 fully saturated rings. The first-order valence-electron chi connectivity index (χ1n) is 9.60. The zero-order valence-electron chi connectivity index (χ0n) is 17.3. The molecular weight excluding hydrogens is 451 g/mol. The van der Waals surface area contributed by atoms with Gasteiger partial charge in [0.1, 0.15) is 31.3 Å². The third-order valence-electron chi connectivity index (χ3n) is 3.67. The van der Waals surface area contributed by atoms with Crippen LogP contribution in [-0.4, -0.2) is 56.6 Å². The molecule has 0 aliphatic rings. The Morgan fingerprint density at radius 2 is 1.58 bits per heavy atom. The molecule has 0 heterocycles. The lowest BCUT2D eigenvalue weighted by Gasteiger charge is -2.14. The number of alkyl halides is 3. The molecule has 0 unspecified atom stereocenters. The molecule has 0 radical (unpaired) electrons. The fraction of sp³-hybridized carbons (Fsp3) is 0.333. The summed E-state index contributed by atoms with van der Waals surface area (Å²) < 4.78 is 62.2. The summed E-state index contributed by atoms with van der Waals surface area (Å²) in [4.78, 5) is 22.3. The minimum absolute atomic E-state index is 0.0131. The summed E-state index contributed by atoms with van der Waals surface area (Å²) in [5.41, 5.74) is 0.701. The van der Waals surface area contributed by atoms with Gasteiger partial charge in [0.2, 0.25) is 0 Å². The minimum Gasteiger partial charge on any atom is -0.491 e. The van der Waals surface area contributed by atoms with E-state index in [-0.39, 0.29) is 44.5 Å². The summed E-state index contributed by atoms with van der Waals surface area (Å²) in [7, 11) is 0. The van der Waals surface area contributed by atoms with Gasteiger partial charge in [0.05, 0.1) is 25.5 Å². The third-order valence-corrected chi connectivity index (χ3v) is 3.67. The number of rotatable bonds is 13. The number of carboxylic acids is 1. The van der Waals surface area contributed by atoms with Crippen LogP contribution in [-0.2, 0) is 25.6 Å². The first-order chi connectivity index (χ1) is 15.7. The van der Waals surface area contributed by atoms with Gasteiger partial charge in [-0.1, -0.05) is 30.3 Å². The maximum Gasteiger partial charge on any atom is 0.573 e. The smallest absolute Gasteiger partial charge is 0.491 e. The standard InChI is InChI=1S/C21H22F3NO8/c22-21(23,24)33-18-11-16(25-20(28)32-13-15-4-2-1-3-5-15)10-17(12-18)31-9-8-29-6-7-30-14-19(26)27/h1-5,10-12H,6-9,13-14H2,(H,25,28)(H,26,27). The van der Waals surface area contributed by atoms with Gasteiger partial charge in [-0.3, -0.25) is 5.32 Å². The van der Waals surface area contributed by atoms with Crippen LogP contribution in [0.2, 0.25) is 0 Å². The average molecular weight is 473 g/mol. The second kappa shape index (κ2) is 13.1. The molecule has 0 saturated carbocycles. The molecule has 180 valence electrons. The number of hydrogen-bond donors (Lipinski definition) is 2. The molecule has 9 nitrogen and oxygen atoms in total. The van der Waals surface area contributed by atoms with Crippen molar-refractivity contribution in [1.29, 1.82) is 0 Å². The van der Waals surface area contributed by atoms with Crippen molar-refractivity contribution in [3.63, 3.8) is 0 Å². The topological polar surface area (TPSA) is 113 Å². The van der Waals surface area contributed by atoms with Crippen molar-refractivity contribution in [2.75, 3.05) is 38.4 Å². The van der Waals surface area contributed by atoms with E-state index in [0.717, 1.165) is 17.7 Å². The van der Waals surface area contributed by atoms with E-state index in [0.29, 0.717) is 0 Å². The number of hydrogen-bond acceptors (Lipinski definition) is 7. The van der Waals surface area contributed by atoms with Gasteiger partial charge in [-0.2, -0.15) is 0 Å². The molecular formula is C21H22F3NO8. The quantitative estimate of drug-likeness (QED) is 0.422. The number of halogens is 3. The fourth-order valence-corrected chi connectivity index (χ4v) is 2.39. The molecule has 0 aliphatic carbocycles. The fourth-order valence-electron chi connectivity index (χ4n) is 2.39. The molecule has 2 aromatic carbocycles. The lowest BCUT2D eigenvalue weighted by atomic mass is 10.2. The summed E-state index contributed by atoms with van der Waals surface area (Å²) in [6, 6.07) is 12.1. The highest BCUT2D eigenvalue weighted by atomic mass is 19.4. The summed E-state index contributed by atoms with van der Waals surface area (Å²) >= 11 is 0. The Morgan fingerprint density at radius 3 is 2.27 bits per heavy atom. The Labute approximate surface area is 187 Å². The molecule has 1 amide bonds. The SMILES string of the molecule is O=C(O)COCCOCCOc1cc(NC(=O)OCc2ccccc2)cc(OC(F)(F)F)c1. The zero-order valence-corrected chi connectivity index (χ0v) is 17.3. The van der Waals surface area contributed by atoms with E-state index in [1.807, 2.05) is 0 Å². The van der Waals surface area contributed by atoms with Crippen LogP contribution in [0.15, 0.2) is 48.5 Å². The Balaban J connectivity index is 1.88. The molecule has 0 aliphatic heterocycles. The van der Waals surface area contributed by atoms with Gasteiger partial charge in [-0.15, -0.1) is 13.2 Å². The van der Waals surface area contributed by atoms with Gasteiger partial charge in [-0.05, 0) is 5.56 Å². The molecule has 33 heavy (non-hydrogen) atoms. The molecule has 0 spiro atoms. The van der Waals surface area contributed by atoms with Crippen LogP contribution in [0.1, 0.15) is 5.56 Å². The van der Waals surface area contributed by atoms with Gasteiger partial charge in [0.15, 0.2) is 0 Å².